The summed E-state index contributed by atoms with van der Waals surface area (Å²) in [6.45, 7) is 1.54. The maximum Gasteiger partial charge on any atom is 0.416 e. The minimum atomic E-state index is -4.88. The number of allylic oxidation sites excluding steroid dienone is 1. The number of nitrogens with zero attached hydrogens (tertiary/aromatic N) is 2. The molecule has 0 aliphatic rings. The average molecular weight is 438 g/mol. The fourth-order valence-electron chi connectivity index (χ4n) is 2.46. The van der Waals surface area contributed by atoms with Crippen molar-refractivity contribution < 1.29 is 37.3 Å². The van der Waals surface area contributed by atoms with Crippen LogP contribution in [0.25, 0.3) is 0 Å². The number of ketones is 2. The van der Waals surface area contributed by atoms with E-state index in [9.17, 15) is 43.0 Å². The Kier molecular flexibility index (Phi) is 6.85. The fourth-order valence-corrected chi connectivity index (χ4v) is 2.46. The molecule has 162 valence electrons. The second kappa shape index (κ2) is 9.15. The van der Waals surface area contributed by atoms with Crippen molar-refractivity contribution in [3.8, 4) is 0 Å². The van der Waals surface area contributed by atoms with Crippen LogP contribution in [0.2, 0.25) is 0 Å². The van der Waals surface area contributed by atoms with Crippen molar-refractivity contribution in [2.45, 2.75) is 13.1 Å². The summed E-state index contributed by atoms with van der Waals surface area (Å²) >= 11 is 0. The maximum absolute atomic E-state index is 12.9. The summed E-state index contributed by atoms with van der Waals surface area (Å²) in [5.74, 6) is -2.22. The maximum atomic E-state index is 12.9. The standard InChI is InChI=1S/C19H13F3N2O7/c1-2-31-10-15(17(25)11-3-6-13(7-4-11)23(27)28)18(26)14-8-5-12(19(20,21)22)9-16(14)24(29)30/h3-10H,2H2,1H3/b15-10-. The van der Waals surface area contributed by atoms with Gasteiger partial charge < -0.3 is 4.74 Å². The van der Waals surface area contributed by atoms with Crippen LogP contribution < -0.4 is 0 Å². The highest BCUT2D eigenvalue weighted by molar-refractivity contribution is 6.31. The number of halogens is 3. The summed E-state index contributed by atoms with van der Waals surface area (Å²) in [4.78, 5) is 45.8. The number of benzene rings is 2. The third kappa shape index (κ3) is 5.29. The Morgan fingerprint density at radius 2 is 1.61 bits per heavy atom. The molecule has 0 atom stereocenters. The lowest BCUT2D eigenvalue weighted by molar-refractivity contribution is -0.385. The van der Waals surface area contributed by atoms with Gasteiger partial charge in [0.05, 0.1) is 28.3 Å². The van der Waals surface area contributed by atoms with E-state index in [1.807, 2.05) is 0 Å². The van der Waals surface area contributed by atoms with Crippen LogP contribution in [0, 0.1) is 20.2 Å². The molecule has 0 radical (unpaired) electrons. The molecule has 0 saturated carbocycles. The predicted molar refractivity (Wildman–Crippen MR) is 99.6 cm³/mol. The first-order valence-corrected chi connectivity index (χ1v) is 8.48. The molecule has 12 heteroatoms. The number of carbonyl (C=O) groups is 2. The summed E-state index contributed by atoms with van der Waals surface area (Å²) in [6.07, 6.45) is -4.14. The molecular weight excluding hydrogens is 425 g/mol. The van der Waals surface area contributed by atoms with E-state index in [4.69, 9.17) is 4.74 Å². The number of non-ortho nitro benzene ring substituents is 1. The first-order chi connectivity index (χ1) is 14.5. The molecule has 0 unspecified atom stereocenters. The van der Waals surface area contributed by atoms with Gasteiger partial charge >= 0.3 is 6.18 Å². The zero-order chi connectivity index (χ0) is 23.3. The van der Waals surface area contributed by atoms with Crippen LogP contribution in [0.4, 0.5) is 24.5 Å². The van der Waals surface area contributed by atoms with E-state index in [2.05, 4.69) is 0 Å². The number of carbonyl (C=O) groups excluding carboxylic acids is 2. The van der Waals surface area contributed by atoms with Gasteiger partial charge in [0.15, 0.2) is 5.78 Å². The van der Waals surface area contributed by atoms with Gasteiger partial charge in [-0.3, -0.25) is 29.8 Å². The average Bonchev–Trinajstić information content (AvgIpc) is 2.72. The molecule has 0 fully saturated rings. The number of nitro benzene ring substituents is 2. The molecule has 2 aromatic carbocycles. The normalized spacial score (nSPS) is 11.7. The second-order valence-corrected chi connectivity index (χ2v) is 5.94. The highest BCUT2D eigenvalue weighted by atomic mass is 19.4. The molecule has 0 aliphatic carbocycles. The Morgan fingerprint density at radius 3 is 2.10 bits per heavy atom. The predicted octanol–water partition coefficient (Wildman–Crippen LogP) is 4.51. The lowest BCUT2D eigenvalue weighted by atomic mass is 9.95. The molecular formula is C19H13F3N2O7. The van der Waals surface area contributed by atoms with Crippen molar-refractivity contribution in [2.24, 2.45) is 0 Å². The van der Waals surface area contributed by atoms with Gasteiger partial charge in [0.1, 0.15) is 11.1 Å². The van der Waals surface area contributed by atoms with Crippen LogP contribution in [0.15, 0.2) is 54.3 Å². The van der Waals surface area contributed by atoms with Gasteiger partial charge in [-0.25, -0.2) is 0 Å². The van der Waals surface area contributed by atoms with Crippen LogP contribution in [-0.4, -0.2) is 28.0 Å². The monoisotopic (exact) mass is 438 g/mol. The lowest BCUT2D eigenvalue weighted by Crippen LogP contribution is -2.17. The Hall–Kier alpha value is -4.09. The lowest BCUT2D eigenvalue weighted by Gasteiger charge is -2.10. The smallest absolute Gasteiger partial charge is 0.416 e. The van der Waals surface area contributed by atoms with Crippen LogP contribution >= 0.6 is 0 Å². The Bertz CT molecular complexity index is 1080. The van der Waals surface area contributed by atoms with Crippen molar-refractivity contribution in [3.05, 3.63) is 91.2 Å². The Balaban J connectivity index is 2.54. The first kappa shape index (κ1) is 23.2. The van der Waals surface area contributed by atoms with E-state index >= 15 is 0 Å². The van der Waals surface area contributed by atoms with Gasteiger partial charge in [0.25, 0.3) is 11.4 Å². The molecule has 0 N–H and O–H groups in total. The van der Waals surface area contributed by atoms with Crippen LogP contribution in [-0.2, 0) is 10.9 Å². The number of hydrogen-bond acceptors (Lipinski definition) is 7. The number of alkyl halides is 3. The van der Waals surface area contributed by atoms with Crippen molar-refractivity contribution in [3.63, 3.8) is 0 Å². The minimum Gasteiger partial charge on any atom is -0.501 e. The molecule has 0 amide bonds. The van der Waals surface area contributed by atoms with Gasteiger partial charge in [-0.2, -0.15) is 13.2 Å². The Morgan fingerprint density at radius 1 is 1.00 bits per heavy atom. The topological polar surface area (TPSA) is 130 Å². The summed E-state index contributed by atoms with van der Waals surface area (Å²) in [5.41, 5.74) is -4.42. The van der Waals surface area contributed by atoms with E-state index in [0.29, 0.717) is 12.1 Å². The first-order valence-electron chi connectivity index (χ1n) is 8.48. The van der Waals surface area contributed by atoms with Gasteiger partial charge in [-0.05, 0) is 31.2 Å². The van der Waals surface area contributed by atoms with Gasteiger partial charge in [0, 0.05) is 23.8 Å². The number of nitro groups is 2. The van der Waals surface area contributed by atoms with Crippen LogP contribution in [0.3, 0.4) is 0 Å². The molecule has 2 rings (SSSR count). The summed E-state index contributed by atoms with van der Waals surface area (Å²) in [5, 5.41) is 22.0. The third-order valence-corrected chi connectivity index (χ3v) is 3.96. The van der Waals surface area contributed by atoms with Crippen molar-refractivity contribution in [1.82, 2.24) is 0 Å². The molecule has 2 aromatic rings. The second-order valence-electron chi connectivity index (χ2n) is 5.94. The molecule has 9 nitrogen and oxygen atoms in total. The number of rotatable bonds is 8. The van der Waals surface area contributed by atoms with E-state index in [1.54, 1.807) is 0 Å². The van der Waals surface area contributed by atoms with E-state index in [0.717, 1.165) is 30.5 Å². The third-order valence-electron chi connectivity index (χ3n) is 3.96. The van der Waals surface area contributed by atoms with Crippen LogP contribution in [0.5, 0.6) is 0 Å². The van der Waals surface area contributed by atoms with E-state index in [1.165, 1.54) is 6.92 Å². The van der Waals surface area contributed by atoms with Crippen LogP contribution in [0.1, 0.15) is 33.2 Å². The summed E-state index contributed by atoms with van der Waals surface area (Å²) in [6, 6.07) is 5.43. The van der Waals surface area contributed by atoms with Crippen molar-refractivity contribution in [1.29, 1.82) is 0 Å². The molecule has 0 heterocycles. The molecule has 0 spiro atoms. The quantitative estimate of drug-likeness (QED) is 0.113. The fraction of sp³-hybridized carbons (Fsp3) is 0.158. The van der Waals surface area contributed by atoms with E-state index in [-0.39, 0.29) is 23.9 Å². The summed E-state index contributed by atoms with van der Waals surface area (Å²) in [7, 11) is 0. The number of hydrogen-bond donors (Lipinski definition) is 0. The van der Waals surface area contributed by atoms with E-state index < -0.39 is 50.0 Å². The van der Waals surface area contributed by atoms with Crippen molar-refractivity contribution >= 4 is 22.9 Å². The number of ether oxygens (including phenoxy) is 1. The van der Waals surface area contributed by atoms with Gasteiger partial charge in [-0.1, -0.05) is 0 Å². The minimum absolute atomic E-state index is 0.0133. The number of Topliss-reactive ketones (excluding diaryl/α,β-unsaturated/α-hetero) is 2. The van der Waals surface area contributed by atoms with Gasteiger partial charge in [-0.15, -0.1) is 0 Å². The van der Waals surface area contributed by atoms with Gasteiger partial charge in [0.2, 0.25) is 5.78 Å². The molecule has 0 bridgehead atoms. The summed E-state index contributed by atoms with van der Waals surface area (Å²) < 4.78 is 43.6. The molecule has 0 aromatic heterocycles. The zero-order valence-electron chi connectivity index (χ0n) is 15.7. The van der Waals surface area contributed by atoms with Crippen molar-refractivity contribution in [2.75, 3.05) is 6.61 Å². The highest BCUT2D eigenvalue weighted by Gasteiger charge is 2.35. The highest BCUT2D eigenvalue weighted by Crippen LogP contribution is 2.34. The zero-order valence-corrected chi connectivity index (χ0v) is 15.7. The largest absolute Gasteiger partial charge is 0.501 e. The molecule has 0 saturated heterocycles. The molecule has 0 aliphatic heterocycles. The SMILES string of the molecule is CCO/C=C(/C(=O)c1ccc([N+](=O)[O-])cc1)C(=O)c1ccc(C(F)(F)F)cc1[N+](=O)[O-]. The Labute approximate surface area is 172 Å². The molecule has 31 heavy (non-hydrogen) atoms.